The maximum absolute atomic E-state index is 13.8. The molecule has 0 unspecified atom stereocenters. The van der Waals surface area contributed by atoms with Crippen molar-refractivity contribution in [2.24, 2.45) is 0 Å². The van der Waals surface area contributed by atoms with Crippen molar-refractivity contribution < 1.29 is 9.18 Å². The largest absolute Gasteiger partial charge is 0.375 e. The van der Waals surface area contributed by atoms with E-state index in [2.05, 4.69) is 20.9 Å². The summed E-state index contributed by atoms with van der Waals surface area (Å²) in [6.45, 7) is 0. The van der Waals surface area contributed by atoms with Crippen LogP contribution in [0.4, 0.5) is 9.52 Å². The predicted molar refractivity (Wildman–Crippen MR) is 73.7 cm³/mol. The summed E-state index contributed by atoms with van der Waals surface area (Å²) in [7, 11) is 0. The lowest BCUT2D eigenvalue weighted by Gasteiger charge is -2.04. The molecule has 0 aliphatic rings. The van der Waals surface area contributed by atoms with Crippen LogP contribution in [0.2, 0.25) is 5.02 Å². The van der Waals surface area contributed by atoms with Crippen molar-refractivity contribution in [3.63, 3.8) is 0 Å². The molecule has 0 bridgehead atoms. The van der Waals surface area contributed by atoms with Gasteiger partial charge in [0, 0.05) is 9.85 Å². The van der Waals surface area contributed by atoms with E-state index in [1.165, 1.54) is 23.5 Å². The lowest BCUT2D eigenvalue weighted by Crippen LogP contribution is -2.07. The van der Waals surface area contributed by atoms with Crippen LogP contribution in [0, 0.1) is 5.82 Å². The Kier molecular flexibility index (Phi) is 3.99. The Hall–Kier alpha value is -0.980. The molecule has 0 fully saturated rings. The Morgan fingerprint density at radius 2 is 2.28 bits per heavy atom. The SMILES string of the molecule is Nc1nc(CC(=O)c2ccc(Br)c(Cl)c2F)cs1. The van der Waals surface area contributed by atoms with Gasteiger partial charge in [0.15, 0.2) is 16.7 Å². The molecular weight excluding hydrogens is 343 g/mol. The van der Waals surface area contributed by atoms with Crippen LogP contribution in [0.5, 0.6) is 0 Å². The van der Waals surface area contributed by atoms with Crippen LogP contribution in [-0.2, 0) is 6.42 Å². The van der Waals surface area contributed by atoms with Gasteiger partial charge in [-0.1, -0.05) is 11.6 Å². The molecule has 3 nitrogen and oxygen atoms in total. The second-order valence-corrected chi connectivity index (χ2v) is 5.62. The van der Waals surface area contributed by atoms with Crippen LogP contribution in [0.25, 0.3) is 0 Å². The van der Waals surface area contributed by atoms with Crippen molar-refractivity contribution in [2.75, 3.05) is 5.73 Å². The summed E-state index contributed by atoms with van der Waals surface area (Å²) in [5, 5.41) is 1.96. The molecule has 1 heterocycles. The monoisotopic (exact) mass is 348 g/mol. The molecule has 0 saturated carbocycles. The number of ketones is 1. The normalized spacial score (nSPS) is 10.6. The van der Waals surface area contributed by atoms with Crippen LogP contribution in [0.3, 0.4) is 0 Å². The third-order valence-electron chi connectivity index (χ3n) is 2.25. The molecule has 2 N–H and O–H groups in total. The van der Waals surface area contributed by atoms with Crippen molar-refractivity contribution in [1.29, 1.82) is 0 Å². The van der Waals surface area contributed by atoms with E-state index in [0.29, 0.717) is 15.3 Å². The highest BCUT2D eigenvalue weighted by molar-refractivity contribution is 9.10. The van der Waals surface area contributed by atoms with Gasteiger partial charge in [0.1, 0.15) is 0 Å². The highest BCUT2D eigenvalue weighted by Crippen LogP contribution is 2.28. The average Bonchev–Trinajstić information content (AvgIpc) is 2.71. The second-order valence-electron chi connectivity index (χ2n) is 3.50. The number of benzene rings is 1. The Morgan fingerprint density at radius 3 is 2.89 bits per heavy atom. The van der Waals surface area contributed by atoms with E-state index < -0.39 is 5.82 Å². The number of hydrogen-bond acceptors (Lipinski definition) is 4. The van der Waals surface area contributed by atoms with E-state index in [-0.39, 0.29) is 22.8 Å². The van der Waals surface area contributed by atoms with Crippen LogP contribution in [-0.4, -0.2) is 10.8 Å². The fourth-order valence-electron chi connectivity index (χ4n) is 1.40. The lowest BCUT2D eigenvalue weighted by molar-refractivity contribution is 0.0988. The number of thiazole rings is 1. The summed E-state index contributed by atoms with van der Waals surface area (Å²) in [6.07, 6.45) is 0.00256. The summed E-state index contributed by atoms with van der Waals surface area (Å²) < 4.78 is 14.2. The average molecular weight is 350 g/mol. The minimum atomic E-state index is -0.723. The number of halogens is 3. The first-order chi connectivity index (χ1) is 8.49. The minimum Gasteiger partial charge on any atom is -0.375 e. The number of hydrogen-bond donors (Lipinski definition) is 1. The minimum absolute atomic E-state index is 0.00256. The molecule has 0 amide bonds. The maximum atomic E-state index is 13.8. The summed E-state index contributed by atoms with van der Waals surface area (Å²) >= 11 is 10.1. The summed E-state index contributed by atoms with van der Waals surface area (Å²) in [5.74, 6) is -1.11. The molecule has 0 aliphatic heterocycles. The van der Waals surface area contributed by atoms with Crippen LogP contribution < -0.4 is 5.73 Å². The molecule has 0 spiro atoms. The van der Waals surface area contributed by atoms with Crippen LogP contribution >= 0.6 is 38.9 Å². The van der Waals surface area contributed by atoms with Crippen molar-refractivity contribution in [3.05, 3.63) is 44.1 Å². The number of carbonyl (C=O) groups excluding carboxylic acids is 1. The van der Waals surface area contributed by atoms with Gasteiger partial charge < -0.3 is 5.73 Å². The number of nitrogen functional groups attached to an aromatic ring is 1. The molecule has 2 aromatic rings. The van der Waals surface area contributed by atoms with Crippen molar-refractivity contribution in [2.45, 2.75) is 6.42 Å². The third kappa shape index (κ3) is 2.71. The first-order valence-corrected chi connectivity index (χ1v) is 6.90. The van der Waals surface area contributed by atoms with Gasteiger partial charge in [-0.2, -0.15) is 0 Å². The van der Waals surface area contributed by atoms with Gasteiger partial charge in [-0.15, -0.1) is 11.3 Å². The summed E-state index contributed by atoms with van der Waals surface area (Å²) in [4.78, 5) is 15.9. The Balaban J connectivity index is 2.27. The van der Waals surface area contributed by atoms with Gasteiger partial charge in [0.25, 0.3) is 0 Å². The third-order valence-corrected chi connectivity index (χ3v) is 4.23. The molecule has 0 aliphatic carbocycles. The zero-order valence-electron chi connectivity index (χ0n) is 8.91. The van der Waals surface area contributed by atoms with E-state index >= 15 is 0 Å². The van der Waals surface area contributed by atoms with Gasteiger partial charge in [-0.25, -0.2) is 9.37 Å². The maximum Gasteiger partial charge on any atom is 0.180 e. The molecule has 0 atom stereocenters. The van der Waals surface area contributed by atoms with Gasteiger partial charge in [-0.05, 0) is 28.1 Å². The van der Waals surface area contributed by atoms with Crippen molar-refractivity contribution in [3.8, 4) is 0 Å². The Bertz CT molecular complexity index is 617. The van der Waals surface area contributed by atoms with Gasteiger partial charge in [0.05, 0.1) is 22.7 Å². The quantitative estimate of drug-likeness (QED) is 0.679. The predicted octanol–water partition coefficient (Wildman–Crippen LogP) is 3.71. The number of anilines is 1. The highest BCUT2D eigenvalue weighted by atomic mass is 79.9. The fourth-order valence-corrected chi connectivity index (χ4v) is 2.44. The smallest absolute Gasteiger partial charge is 0.180 e. The van der Waals surface area contributed by atoms with Crippen LogP contribution in [0.15, 0.2) is 22.0 Å². The number of Topliss-reactive ketones (excluding diaryl/α,β-unsaturated/α-hetero) is 1. The molecule has 94 valence electrons. The number of aromatic nitrogens is 1. The molecule has 7 heteroatoms. The zero-order chi connectivity index (χ0) is 13.3. The molecule has 1 aromatic heterocycles. The standard InChI is InChI=1S/C11H7BrClFN2OS/c12-7-2-1-6(10(14)9(7)13)8(17)3-5-4-18-11(15)16-5/h1-2,4H,3H2,(H2,15,16). The Labute approximate surface area is 120 Å². The van der Waals surface area contributed by atoms with E-state index in [4.69, 9.17) is 17.3 Å². The van der Waals surface area contributed by atoms with Crippen molar-refractivity contribution in [1.82, 2.24) is 4.98 Å². The van der Waals surface area contributed by atoms with Crippen LogP contribution in [0.1, 0.15) is 16.1 Å². The van der Waals surface area contributed by atoms with E-state index in [1.54, 1.807) is 5.38 Å². The Morgan fingerprint density at radius 1 is 1.56 bits per heavy atom. The zero-order valence-corrected chi connectivity index (χ0v) is 12.1. The molecule has 1 aromatic carbocycles. The fraction of sp³-hybridized carbons (Fsp3) is 0.0909. The lowest BCUT2D eigenvalue weighted by atomic mass is 10.1. The first kappa shape index (κ1) is 13.5. The molecule has 0 saturated heterocycles. The number of nitrogens with zero attached hydrogens (tertiary/aromatic N) is 1. The van der Waals surface area contributed by atoms with E-state index in [1.807, 2.05) is 0 Å². The van der Waals surface area contributed by atoms with E-state index in [9.17, 15) is 9.18 Å². The second kappa shape index (κ2) is 5.34. The first-order valence-electron chi connectivity index (χ1n) is 4.85. The highest BCUT2D eigenvalue weighted by Gasteiger charge is 2.17. The van der Waals surface area contributed by atoms with Gasteiger partial charge in [0.2, 0.25) is 0 Å². The van der Waals surface area contributed by atoms with Crippen molar-refractivity contribution >= 4 is 49.8 Å². The topological polar surface area (TPSA) is 56.0 Å². The molecule has 2 rings (SSSR count). The summed E-state index contributed by atoms with van der Waals surface area (Å²) in [6, 6.07) is 2.93. The molecule has 18 heavy (non-hydrogen) atoms. The number of carbonyl (C=O) groups is 1. The van der Waals surface area contributed by atoms with Gasteiger partial charge in [-0.3, -0.25) is 4.79 Å². The number of rotatable bonds is 3. The van der Waals surface area contributed by atoms with E-state index in [0.717, 1.165) is 0 Å². The summed E-state index contributed by atoms with van der Waals surface area (Å²) in [5.41, 5.74) is 5.94. The molecule has 0 radical (unpaired) electrons. The number of nitrogens with two attached hydrogens (primary N) is 1. The van der Waals surface area contributed by atoms with Gasteiger partial charge >= 0.3 is 0 Å². The molecular formula is C11H7BrClFN2OS.